The summed E-state index contributed by atoms with van der Waals surface area (Å²) in [5.74, 6) is -0.437. The molecule has 92 valence electrons. The third-order valence-corrected chi connectivity index (χ3v) is 2.54. The Morgan fingerprint density at radius 1 is 1.59 bits per heavy atom. The van der Waals surface area contributed by atoms with Crippen molar-refractivity contribution < 1.29 is 73.6 Å². The maximum Gasteiger partial charge on any atom is 1.00 e. The summed E-state index contributed by atoms with van der Waals surface area (Å²) in [6.45, 7) is 0.265. The molecule has 1 heterocycles. The minimum Gasteiger partial charge on any atom is -0.748 e. The van der Waals surface area contributed by atoms with Crippen LogP contribution in [0.5, 0.6) is 6.01 Å². The van der Waals surface area contributed by atoms with Gasteiger partial charge in [-0.05, 0) is 6.42 Å². The van der Waals surface area contributed by atoms with E-state index in [1.807, 2.05) is 0 Å². The van der Waals surface area contributed by atoms with E-state index in [1.54, 1.807) is 6.26 Å². The van der Waals surface area contributed by atoms with Crippen molar-refractivity contribution in [2.24, 2.45) is 0 Å². The van der Waals surface area contributed by atoms with E-state index in [0.29, 0.717) is 0 Å². The van der Waals surface area contributed by atoms with E-state index in [-0.39, 0.29) is 70.4 Å². The van der Waals surface area contributed by atoms with Crippen LogP contribution in [0.25, 0.3) is 0 Å². The predicted molar refractivity (Wildman–Crippen MR) is 54.4 cm³/mol. The summed E-state index contributed by atoms with van der Waals surface area (Å²) in [6, 6.07) is 0.109. The van der Waals surface area contributed by atoms with Crippen LogP contribution in [0.3, 0.4) is 0 Å². The minimum absolute atomic E-state index is 0. The fourth-order valence-corrected chi connectivity index (χ4v) is 1.55. The van der Waals surface area contributed by atoms with Crippen molar-refractivity contribution in [1.82, 2.24) is 14.8 Å². The van der Waals surface area contributed by atoms with Gasteiger partial charge in [-0.3, -0.25) is 9.45 Å². The average Bonchev–Trinajstić information content (AvgIpc) is 2.60. The van der Waals surface area contributed by atoms with E-state index in [0.717, 1.165) is 12.0 Å². The first-order valence-corrected chi connectivity index (χ1v) is 6.94. The van der Waals surface area contributed by atoms with E-state index in [1.165, 1.54) is 10.9 Å². The van der Waals surface area contributed by atoms with Gasteiger partial charge in [0.25, 0.3) is 0 Å². The molecule has 0 aliphatic heterocycles. The molecule has 17 heavy (non-hydrogen) atoms. The molecule has 0 bridgehead atoms. The predicted octanol–water partition coefficient (Wildman–Crippen LogP) is -3.19. The van der Waals surface area contributed by atoms with Gasteiger partial charge in [0.2, 0.25) is 0 Å². The van der Waals surface area contributed by atoms with Gasteiger partial charge in [0.1, 0.15) is 6.33 Å². The molecule has 0 aromatic carbocycles. The van der Waals surface area contributed by atoms with E-state index in [2.05, 4.69) is 14.5 Å². The largest absolute Gasteiger partial charge is 1.00 e. The first kappa shape index (κ1) is 17.8. The first-order valence-electron chi connectivity index (χ1n) is 4.21. The summed E-state index contributed by atoms with van der Waals surface area (Å²) >= 11 is 0.987. The molecular formula is C6H10KN3O5S2. The van der Waals surface area contributed by atoms with Gasteiger partial charge in [0.15, 0.2) is 0 Å². The van der Waals surface area contributed by atoms with Gasteiger partial charge in [-0.25, -0.2) is 8.42 Å². The quantitative estimate of drug-likeness (QED) is 0.170. The molecule has 0 N–H and O–H groups in total. The molecule has 0 atom stereocenters. The standard InChI is InChI=1S/C6H11N3O5S2.K/c1-15-14-13-6-8-7-5-9(6)3-2-4-16(10,11)12;/h5H,2-4H2,1H3,(H,10,11,12);/q;+1/p-1. The third-order valence-electron chi connectivity index (χ3n) is 1.55. The van der Waals surface area contributed by atoms with Gasteiger partial charge < -0.3 is 4.55 Å². The summed E-state index contributed by atoms with van der Waals surface area (Å²) in [4.78, 5) is 4.73. The van der Waals surface area contributed by atoms with Crippen LogP contribution >= 0.6 is 12.0 Å². The van der Waals surface area contributed by atoms with Crippen LogP contribution in [0.4, 0.5) is 0 Å². The van der Waals surface area contributed by atoms with Crippen LogP contribution in [-0.2, 0) is 21.0 Å². The maximum atomic E-state index is 10.4. The molecule has 0 aliphatic carbocycles. The molecule has 0 saturated carbocycles. The fourth-order valence-electron chi connectivity index (χ4n) is 0.938. The SMILES string of the molecule is CSOOc1nncn1CCCS(=O)(=O)[O-].[K+]. The molecule has 1 aromatic heterocycles. The van der Waals surface area contributed by atoms with Gasteiger partial charge in [-0.1, -0.05) is 5.10 Å². The number of hydrogen-bond donors (Lipinski definition) is 0. The Bertz CT molecular complexity index is 423. The Morgan fingerprint density at radius 2 is 2.29 bits per heavy atom. The Labute approximate surface area is 146 Å². The van der Waals surface area contributed by atoms with E-state index in [9.17, 15) is 13.0 Å². The smallest absolute Gasteiger partial charge is 0.748 e. The molecule has 8 nitrogen and oxygen atoms in total. The Balaban J connectivity index is 0.00000256. The van der Waals surface area contributed by atoms with Crippen molar-refractivity contribution in [3.05, 3.63) is 6.33 Å². The van der Waals surface area contributed by atoms with Crippen molar-refractivity contribution in [3.63, 3.8) is 0 Å². The minimum atomic E-state index is -4.19. The van der Waals surface area contributed by atoms with Crippen molar-refractivity contribution in [1.29, 1.82) is 0 Å². The van der Waals surface area contributed by atoms with Crippen LogP contribution in [0.1, 0.15) is 6.42 Å². The topological polar surface area (TPSA) is 106 Å². The molecule has 0 fully saturated rings. The first-order chi connectivity index (χ1) is 7.53. The zero-order valence-corrected chi connectivity index (χ0v) is 14.2. The molecule has 11 heteroatoms. The molecule has 0 radical (unpaired) electrons. The molecular weight excluding hydrogens is 297 g/mol. The summed E-state index contributed by atoms with van der Waals surface area (Å²) in [5, 5.41) is 7.15. The van der Waals surface area contributed by atoms with Crippen molar-refractivity contribution >= 4 is 22.2 Å². The normalized spacial score (nSPS) is 10.9. The molecule has 0 spiro atoms. The molecule has 1 rings (SSSR count). The molecule has 1 aromatic rings. The van der Waals surface area contributed by atoms with Crippen LogP contribution < -0.4 is 56.3 Å². The zero-order valence-electron chi connectivity index (χ0n) is 9.40. The summed E-state index contributed by atoms with van der Waals surface area (Å²) in [6.07, 6.45) is 3.18. The maximum absolute atomic E-state index is 10.4. The third kappa shape index (κ3) is 7.74. The number of aromatic nitrogens is 3. The number of aryl methyl sites for hydroxylation is 1. The molecule has 0 aliphatic rings. The van der Waals surface area contributed by atoms with Gasteiger partial charge in [0, 0.05) is 30.6 Å². The van der Waals surface area contributed by atoms with Gasteiger partial charge >= 0.3 is 57.4 Å². The van der Waals surface area contributed by atoms with Crippen LogP contribution in [0.15, 0.2) is 6.33 Å². The summed E-state index contributed by atoms with van der Waals surface area (Å²) < 4.78 is 37.1. The summed E-state index contributed by atoms with van der Waals surface area (Å²) in [5.41, 5.74) is 0. The Morgan fingerprint density at radius 3 is 2.88 bits per heavy atom. The molecule has 0 saturated heterocycles. The van der Waals surface area contributed by atoms with Crippen LogP contribution in [0, 0.1) is 0 Å². The molecule has 0 unspecified atom stereocenters. The van der Waals surface area contributed by atoms with Crippen LogP contribution in [0.2, 0.25) is 0 Å². The van der Waals surface area contributed by atoms with Crippen molar-refractivity contribution in [2.75, 3.05) is 12.0 Å². The van der Waals surface area contributed by atoms with Gasteiger partial charge in [-0.15, -0.1) is 9.43 Å². The number of hydrogen-bond acceptors (Lipinski definition) is 8. The Hall–Kier alpha value is 0.796. The number of rotatable bonds is 7. The second-order valence-corrected chi connectivity index (χ2v) is 4.73. The van der Waals surface area contributed by atoms with Gasteiger partial charge in [-0.2, -0.15) is 0 Å². The fraction of sp³-hybridized carbons (Fsp3) is 0.667. The van der Waals surface area contributed by atoms with Crippen molar-refractivity contribution in [2.45, 2.75) is 13.0 Å². The zero-order chi connectivity index (χ0) is 12.0. The van der Waals surface area contributed by atoms with E-state index >= 15 is 0 Å². The van der Waals surface area contributed by atoms with Gasteiger partial charge in [0.05, 0.1) is 10.1 Å². The monoisotopic (exact) mass is 307 g/mol. The van der Waals surface area contributed by atoms with Crippen LogP contribution in [-0.4, -0.2) is 39.7 Å². The van der Waals surface area contributed by atoms with E-state index < -0.39 is 15.9 Å². The second-order valence-electron chi connectivity index (χ2n) is 2.74. The summed E-state index contributed by atoms with van der Waals surface area (Å²) in [7, 11) is -4.19. The number of nitrogens with zero attached hydrogens (tertiary/aromatic N) is 3. The van der Waals surface area contributed by atoms with Crippen molar-refractivity contribution in [3.8, 4) is 6.01 Å². The average molecular weight is 307 g/mol. The Kier molecular flexibility index (Phi) is 9.24. The molecule has 0 amide bonds. The van der Waals surface area contributed by atoms with E-state index in [4.69, 9.17) is 4.89 Å². The second kappa shape index (κ2) is 8.82.